The van der Waals surface area contributed by atoms with E-state index in [0.717, 1.165) is 35.6 Å². The largest absolute Gasteiger partial charge is 0.334 e. The van der Waals surface area contributed by atoms with Crippen molar-refractivity contribution in [2.75, 3.05) is 6.54 Å². The van der Waals surface area contributed by atoms with Crippen molar-refractivity contribution in [1.29, 1.82) is 0 Å². The van der Waals surface area contributed by atoms with Crippen LogP contribution in [0, 0.1) is 0 Å². The third-order valence-electron chi connectivity index (χ3n) is 3.52. The van der Waals surface area contributed by atoms with Gasteiger partial charge in [0, 0.05) is 18.9 Å². The highest BCUT2D eigenvalue weighted by Gasteiger charge is 2.19. The molecule has 2 aromatic heterocycles. The van der Waals surface area contributed by atoms with Gasteiger partial charge >= 0.3 is 0 Å². The van der Waals surface area contributed by atoms with Crippen LogP contribution in [0.5, 0.6) is 0 Å². The molecule has 1 N–H and O–H groups in total. The lowest BCUT2D eigenvalue weighted by atomic mass is 10.2. The van der Waals surface area contributed by atoms with Crippen LogP contribution in [0.4, 0.5) is 0 Å². The van der Waals surface area contributed by atoms with E-state index >= 15 is 0 Å². The van der Waals surface area contributed by atoms with Crippen molar-refractivity contribution in [2.45, 2.75) is 26.4 Å². The third kappa shape index (κ3) is 2.64. The molecule has 0 aliphatic heterocycles. The minimum atomic E-state index is -0.0398. The van der Waals surface area contributed by atoms with Crippen LogP contribution in [0.25, 0.3) is 11.0 Å². The molecule has 0 radical (unpaired) electrons. The van der Waals surface area contributed by atoms with E-state index in [1.807, 2.05) is 42.9 Å². The molecule has 2 heterocycles. The highest BCUT2D eigenvalue weighted by atomic mass is 15.1. The number of hydrogen-bond donors (Lipinski definition) is 1. The molecular weight excluding hydrogens is 262 g/mol. The predicted octanol–water partition coefficient (Wildman–Crippen LogP) is 2.55. The van der Waals surface area contributed by atoms with Crippen LogP contribution in [-0.4, -0.2) is 26.1 Å². The molecule has 0 spiro atoms. The van der Waals surface area contributed by atoms with E-state index in [4.69, 9.17) is 4.98 Å². The van der Waals surface area contributed by atoms with Crippen molar-refractivity contribution in [3.63, 3.8) is 0 Å². The predicted molar refractivity (Wildman–Crippen MR) is 83.0 cm³/mol. The number of aryl methyl sites for hydroxylation is 1. The molecule has 0 saturated carbocycles. The highest BCUT2D eigenvalue weighted by Crippen LogP contribution is 2.20. The van der Waals surface area contributed by atoms with E-state index in [1.54, 1.807) is 0 Å². The number of nitrogens with one attached hydrogen (secondary N) is 1. The minimum absolute atomic E-state index is 0.0398. The van der Waals surface area contributed by atoms with Crippen molar-refractivity contribution in [2.24, 2.45) is 0 Å². The summed E-state index contributed by atoms with van der Waals surface area (Å²) in [4.78, 5) is 13.8. The molecule has 0 aliphatic rings. The van der Waals surface area contributed by atoms with Crippen molar-refractivity contribution in [1.82, 2.24) is 24.8 Å². The van der Waals surface area contributed by atoms with E-state index < -0.39 is 0 Å². The maximum Gasteiger partial charge on any atom is 0.132 e. The first-order valence-electron chi connectivity index (χ1n) is 7.29. The van der Waals surface area contributed by atoms with E-state index in [-0.39, 0.29) is 6.04 Å². The van der Waals surface area contributed by atoms with Crippen LogP contribution in [0.1, 0.15) is 31.4 Å². The van der Waals surface area contributed by atoms with E-state index in [0.29, 0.717) is 0 Å². The zero-order chi connectivity index (χ0) is 14.7. The summed E-state index contributed by atoms with van der Waals surface area (Å²) in [6.07, 6.45) is 5.66. The van der Waals surface area contributed by atoms with Gasteiger partial charge in [-0.3, -0.25) is 4.98 Å². The van der Waals surface area contributed by atoms with Crippen LogP contribution in [0.15, 0.2) is 42.9 Å². The second kappa shape index (κ2) is 6.01. The molecule has 108 valence electrons. The molecule has 3 aromatic rings. The SMILES string of the molecule is CCNC(c1cnc2ccccc2n1)c1nccn1CC. The molecule has 0 aliphatic carbocycles. The second-order valence-corrected chi connectivity index (χ2v) is 4.85. The quantitative estimate of drug-likeness (QED) is 0.781. The molecule has 1 unspecified atom stereocenters. The second-order valence-electron chi connectivity index (χ2n) is 4.85. The highest BCUT2D eigenvalue weighted by molar-refractivity contribution is 5.73. The van der Waals surface area contributed by atoms with Gasteiger partial charge in [-0.25, -0.2) is 9.97 Å². The van der Waals surface area contributed by atoms with Gasteiger partial charge in [-0.05, 0) is 25.6 Å². The minimum Gasteiger partial charge on any atom is -0.334 e. The molecule has 5 heteroatoms. The van der Waals surface area contributed by atoms with Gasteiger partial charge in [0.15, 0.2) is 0 Å². The maximum atomic E-state index is 4.75. The lowest BCUT2D eigenvalue weighted by molar-refractivity contribution is 0.548. The van der Waals surface area contributed by atoms with E-state index in [2.05, 4.69) is 33.7 Å². The summed E-state index contributed by atoms with van der Waals surface area (Å²) < 4.78 is 2.13. The molecule has 0 amide bonds. The zero-order valence-electron chi connectivity index (χ0n) is 12.3. The number of hydrogen-bond acceptors (Lipinski definition) is 4. The van der Waals surface area contributed by atoms with Gasteiger partial charge in [0.05, 0.1) is 22.9 Å². The molecular formula is C16H19N5. The summed E-state index contributed by atoms with van der Waals surface area (Å²) in [6.45, 7) is 5.93. The van der Waals surface area contributed by atoms with Gasteiger partial charge in [-0.2, -0.15) is 0 Å². The van der Waals surface area contributed by atoms with Crippen molar-refractivity contribution in [3.05, 3.63) is 54.4 Å². The first-order chi connectivity index (χ1) is 10.3. The number of benzene rings is 1. The van der Waals surface area contributed by atoms with Crippen molar-refractivity contribution in [3.8, 4) is 0 Å². The van der Waals surface area contributed by atoms with Crippen molar-refractivity contribution >= 4 is 11.0 Å². The van der Waals surface area contributed by atoms with Gasteiger partial charge < -0.3 is 9.88 Å². The van der Waals surface area contributed by atoms with E-state index in [9.17, 15) is 0 Å². The standard InChI is InChI=1S/C16H19N5/c1-3-17-15(16-18-9-10-21(16)4-2)14-11-19-12-7-5-6-8-13(12)20-14/h5-11,15,17H,3-4H2,1-2H3. The van der Waals surface area contributed by atoms with Crippen LogP contribution < -0.4 is 5.32 Å². The lowest BCUT2D eigenvalue weighted by Crippen LogP contribution is -2.26. The first-order valence-corrected chi connectivity index (χ1v) is 7.29. The fourth-order valence-corrected chi connectivity index (χ4v) is 2.49. The molecule has 1 aromatic carbocycles. The molecule has 0 saturated heterocycles. The van der Waals surface area contributed by atoms with Crippen LogP contribution in [-0.2, 0) is 6.54 Å². The Morgan fingerprint density at radius 1 is 1.14 bits per heavy atom. The van der Waals surface area contributed by atoms with Gasteiger partial charge in [0.2, 0.25) is 0 Å². The Balaban J connectivity index is 2.06. The summed E-state index contributed by atoms with van der Waals surface area (Å²) in [5, 5.41) is 3.45. The van der Waals surface area contributed by atoms with Gasteiger partial charge in [-0.1, -0.05) is 19.1 Å². The number of rotatable bonds is 5. The average molecular weight is 281 g/mol. The Hall–Kier alpha value is -2.27. The summed E-state index contributed by atoms with van der Waals surface area (Å²) >= 11 is 0. The summed E-state index contributed by atoms with van der Waals surface area (Å²) in [5.41, 5.74) is 2.72. The summed E-state index contributed by atoms with van der Waals surface area (Å²) in [5.74, 6) is 0.976. The molecule has 21 heavy (non-hydrogen) atoms. The molecule has 1 atom stereocenters. The number of imidazole rings is 1. The zero-order valence-corrected chi connectivity index (χ0v) is 12.3. The maximum absolute atomic E-state index is 4.75. The Morgan fingerprint density at radius 2 is 1.95 bits per heavy atom. The van der Waals surface area contributed by atoms with Crippen LogP contribution in [0.2, 0.25) is 0 Å². The molecule has 3 rings (SSSR count). The average Bonchev–Trinajstić information content (AvgIpc) is 3.00. The normalized spacial score (nSPS) is 12.7. The number of aromatic nitrogens is 4. The lowest BCUT2D eigenvalue weighted by Gasteiger charge is -2.18. The monoisotopic (exact) mass is 281 g/mol. The summed E-state index contributed by atoms with van der Waals surface area (Å²) in [7, 11) is 0. The molecule has 5 nitrogen and oxygen atoms in total. The van der Waals surface area contributed by atoms with Gasteiger partial charge in [0.25, 0.3) is 0 Å². The van der Waals surface area contributed by atoms with Gasteiger partial charge in [0.1, 0.15) is 11.9 Å². The Kier molecular flexibility index (Phi) is 3.92. The van der Waals surface area contributed by atoms with Crippen molar-refractivity contribution < 1.29 is 0 Å². The molecule has 0 fully saturated rings. The van der Waals surface area contributed by atoms with Crippen LogP contribution in [0.3, 0.4) is 0 Å². The Labute approximate surface area is 124 Å². The fraction of sp³-hybridized carbons (Fsp3) is 0.312. The first kappa shape index (κ1) is 13.7. The number of fused-ring (bicyclic) bond motifs is 1. The van der Waals surface area contributed by atoms with Crippen LogP contribution >= 0.6 is 0 Å². The Bertz CT molecular complexity index is 734. The number of nitrogens with zero attached hydrogens (tertiary/aromatic N) is 4. The number of para-hydroxylation sites is 2. The fourth-order valence-electron chi connectivity index (χ4n) is 2.49. The van der Waals surface area contributed by atoms with Gasteiger partial charge in [-0.15, -0.1) is 0 Å². The Morgan fingerprint density at radius 3 is 2.71 bits per heavy atom. The summed E-state index contributed by atoms with van der Waals surface area (Å²) in [6, 6.07) is 7.88. The smallest absolute Gasteiger partial charge is 0.132 e. The topological polar surface area (TPSA) is 55.6 Å². The van der Waals surface area contributed by atoms with E-state index in [1.165, 1.54) is 0 Å². The molecule has 0 bridgehead atoms. The third-order valence-corrected chi connectivity index (χ3v) is 3.52.